The van der Waals surface area contributed by atoms with Crippen LogP contribution < -0.4 is 0 Å². The highest BCUT2D eigenvalue weighted by atomic mass is 35.5. The molecule has 0 radical (unpaired) electrons. The number of nitrogens with zero attached hydrogens (tertiary/aromatic N) is 4. The zero-order valence-corrected chi connectivity index (χ0v) is 13.8. The van der Waals surface area contributed by atoms with E-state index in [1.54, 1.807) is 0 Å². The fourth-order valence-electron chi connectivity index (χ4n) is 1.80. The summed E-state index contributed by atoms with van der Waals surface area (Å²) in [5.41, 5.74) is 4.05. The summed E-state index contributed by atoms with van der Waals surface area (Å²) in [4.78, 5) is 17.4. The van der Waals surface area contributed by atoms with Gasteiger partial charge >= 0.3 is 0 Å². The van der Waals surface area contributed by atoms with Gasteiger partial charge < -0.3 is 0 Å². The van der Waals surface area contributed by atoms with E-state index >= 15 is 0 Å². The van der Waals surface area contributed by atoms with Gasteiger partial charge in [-0.3, -0.25) is 0 Å². The molecule has 106 valence electrons. The smallest absolute Gasteiger partial charge is 0.194 e. The van der Waals surface area contributed by atoms with Gasteiger partial charge in [0, 0.05) is 17.0 Å². The van der Waals surface area contributed by atoms with Gasteiger partial charge in [-0.1, -0.05) is 25.4 Å². The molecule has 0 saturated heterocycles. The highest BCUT2D eigenvalue weighted by Crippen LogP contribution is 2.34. The van der Waals surface area contributed by atoms with Gasteiger partial charge in [0.25, 0.3) is 0 Å². The van der Waals surface area contributed by atoms with E-state index in [0.717, 1.165) is 27.5 Å². The molecule has 0 fully saturated rings. The second-order valence-electron chi connectivity index (χ2n) is 4.94. The predicted octanol–water partition coefficient (Wildman–Crippen LogP) is 4.12. The van der Waals surface area contributed by atoms with E-state index in [1.165, 1.54) is 18.1 Å². The highest BCUT2D eigenvalue weighted by molar-refractivity contribution is 7.99. The molecule has 2 heterocycles. The SMILES string of the molecule is Cc1nc(Sc2ncnc(Cl)c2C(C)C)nc(C)c1C. The number of aromatic nitrogens is 4. The van der Waals surface area contributed by atoms with E-state index in [2.05, 4.69) is 33.8 Å². The van der Waals surface area contributed by atoms with Crippen molar-refractivity contribution in [2.75, 3.05) is 0 Å². The topological polar surface area (TPSA) is 51.6 Å². The van der Waals surface area contributed by atoms with Crippen LogP contribution in [0.1, 0.15) is 42.3 Å². The molecule has 0 bridgehead atoms. The minimum atomic E-state index is 0.249. The second-order valence-corrected chi connectivity index (χ2v) is 6.26. The second kappa shape index (κ2) is 6.06. The van der Waals surface area contributed by atoms with Gasteiger partial charge in [0.1, 0.15) is 16.5 Å². The molecule has 0 aromatic carbocycles. The van der Waals surface area contributed by atoms with Gasteiger partial charge in [0.05, 0.1) is 0 Å². The van der Waals surface area contributed by atoms with E-state index in [1.807, 2.05) is 20.8 Å². The summed E-state index contributed by atoms with van der Waals surface area (Å²) in [5, 5.41) is 2.02. The third-order valence-electron chi connectivity index (χ3n) is 3.18. The summed E-state index contributed by atoms with van der Waals surface area (Å²) in [7, 11) is 0. The average molecular weight is 309 g/mol. The van der Waals surface area contributed by atoms with Gasteiger partial charge in [0.15, 0.2) is 5.16 Å². The van der Waals surface area contributed by atoms with Crippen molar-refractivity contribution in [2.45, 2.75) is 50.7 Å². The Hall–Kier alpha value is -1.20. The highest BCUT2D eigenvalue weighted by Gasteiger charge is 2.16. The molecule has 20 heavy (non-hydrogen) atoms. The van der Waals surface area contributed by atoms with Crippen LogP contribution in [0.15, 0.2) is 16.5 Å². The summed E-state index contributed by atoms with van der Waals surface area (Å²) >= 11 is 7.61. The molecule has 4 nitrogen and oxygen atoms in total. The van der Waals surface area contributed by atoms with Crippen molar-refractivity contribution in [3.05, 3.63) is 34.0 Å². The largest absolute Gasteiger partial charge is 0.229 e. The lowest BCUT2D eigenvalue weighted by atomic mass is 10.1. The summed E-state index contributed by atoms with van der Waals surface area (Å²) < 4.78 is 0. The van der Waals surface area contributed by atoms with Gasteiger partial charge in [-0.15, -0.1) is 0 Å². The maximum atomic E-state index is 6.17. The van der Waals surface area contributed by atoms with Gasteiger partial charge in [0.2, 0.25) is 0 Å². The third kappa shape index (κ3) is 3.10. The number of halogens is 1. The van der Waals surface area contributed by atoms with Crippen LogP contribution in [0.2, 0.25) is 5.15 Å². The first-order valence-electron chi connectivity index (χ1n) is 6.40. The fraction of sp³-hybridized carbons (Fsp3) is 0.429. The minimum absolute atomic E-state index is 0.249. The number of aryl methyl sites for hydroxylation is 2. The van der Waals surface area contributed by atoms with Crippen LogP contribution in [-0.4, -0.2) is 19.9 Å². The molecular weight excluding hydrogens is 292 g/mol. The standard InChI is InChI=1S/C14H17ClN4S/c1-7(2)11-12(15)16-6-17-13(11)20-14-18-9(4)8(3)10(5)19-14/h6-7H,1-5H3. The molecule has 0 atom stereocenters. The Kier molecular flexibility index (Phi) is 4.60. The average Bonchev–Trinajstić information content (AvgIpc) is 2.35. The summed E-state index contributed by atoms with van der Waals surface area (Å²) in [5.74, 6) is 0.249. The Morgan fingerprint density at radius 3 is 2.20 bits per heavy atom. The number of hydrogen-bond acceptors (Lipinski definition) is 5. The van der Waals surface area contributed by atoms with Crippen molar-refractivity contribution in [1.29, 1.82) is 0 Å². The first-order chi connectivity index (χ1) is 9.40. The fourth-order valence-corrected chi connectivity index (χ4v) is 3.29. The third-order valence-corrected chi connectivity index (χ3v) is 4.36. The molecule has 0 spiro atoms. The molecule has 2 aromatic rings. The molecule has 2 aromatic heterocycles. The molecule has 0 N–H and O–H groups in total. The molecule has 0 unspecified atom stereocenters. The normalized spacial score (nSPS) is 11.2. The maximum Gasteiger partial charge on any atom is 0.194 e. The van der Waals surface area contributed by atoms with Crippen LogP contribution >= 0.6 is 23.4 Å². The van der Waals surface area contributed by atoms with E-state index < -0.39 is 0 Å². The summed E-state index contributed by atoms with van der Waals surface area (Å²) in [6.07, 6.45) is 1.48. The Balaban J connectivity index is 2.43. The molecular formula is C14H17ClN4S. The minimum Gasteiger partial charge on any atom is -0.229 e. The van der Waals surface area contributed by atoms with Gasteiger partial charge in [-0.2, -0.15) is 0 Å². The van der Waals surface area contributed by atoms with Crippen molar-refractivity contribution < 1.29 is 0 Å². The molecule has 6 heteroatoms. The monoisotopic (exact) mass is 308 g/mol. The Morgan fingerprint density at radius 1 is 1.05 bits per heavy atom. The number of hydrogen-bond donors (Lipinski definition) is 0. The van der Waals surface area contributed by atoms with Crippen LogP contribution in [0.4, 0.5) is 0 Å². The Morgan fingerprint density at radius 2 is 1.65 bits per heavy atom. The van der Waals surface area contributed by atoms with E-state index in [0.29, 0.717) is 10.3 Å². The Labute approximate surface area is 128 Å². The zero-order valence-electron chi connectivity index (χ0n) is 12.2. The van der Waals surface area contributed by atoms with E-state index in [-0.39, 0.29) is 5.92 Å². The molecule has 0 saturated carbocycles. The lowest BCUT2D eigenvalue weighted by Gasteiger charge is -2.12. The maximum absolute atomic E-state index is 6.17. The molecule has 0 amide bonds. The first-order valence-corrected chi connectivity index (χ1v) is 7.59. The molecule has 0 aliphatic carbocycles. The quantitative estimate of drug-likeness (QED) is 0.630. The molecule has 0 aliphatic rings. The summed E-state index contributed by atoms with van der Waals surface area (Å²) in [6.45, 7) is 10.2. The van der Waals surface area contributed by atoms with Crippen LogP contribution in [0.25, 0.3) is 0 Å². The lowest BCUT2D eigenvalue weighted by Crippen LogP contribution is -2.01. The van der Waals surface area contributed by atoms with Crippen molar-refractivity contribution in [3.63, 3.8) is 0 Å². The van der Waals surface area contributed by atoms with E-state index in [9.17, 15) is 0 Å². The summed E-state index contributed by atoms with van der Waals surface area (Å²) in [6, 6.07) is 0. The van der Waals surface area contributed by atoms with Crippen molar-refractivity contribution in [3.8, 4) is 0 Å². The van der Waals surface area contributed by atoms with Crippen molar-refractivity contribution in [2.24, 2.45) is 0 Å². The van der Waals surface area contributed by atoms with Crippen molar-refractivity contribution in [1.82, 2.24) is 19.9 Å². The van der Waals surface area contributed by atoms with E-state index in [4.69, 9.17) is 11.6 Å². The first kappa shape index (κ1) is 15.2. The van der Waals surface area contributed by atoms with Crippen molar-refractivity contribution >= 4 is 23.4 Å². The van der Waals surface area contributed by atoms with Crippen LogP contribution in [0, 0.1) is 20.8 Å². The Bertz CT molecular complexity index is 620. The molecule has 0 aliphatic heterocycles. The van der Waals surface area contributed by atoms with Crippen LogP contribution in [-0.2, 0) is 0 Å². The van der Waals surface area contributed by atoms with Gasteiger partial charge in [-0.25, -0.2) is 19.9 Å². The van der Waals surface area contributed by atoms with Gasteiger partial charge in [-0.05, 0) is 44.0 Å². The predicted molar refractivity (Wildman–Crippen MR) is 81.5 cm³/mol. The molecule has 2 rings (SSSR count). The van der Waals surface area contributed by atoms with Crippen LogP contribution in [0.3, 0.4) is 0 Å². The number of rotatable bonds is 3. The lowest BCUT2D eigenvalue weighted by molar-refractivity contribution is 0.798. The van der Waals surface area contributed by atoms with Crippen LogP contribution in [0.5, 0.6) is 0 Å². The zero-order chi connectivity index (χ0) is 14.9.